The molecule has 1 atom stereocenters. The van der Waals surface area contributed by atoms with Crippen LogP contribution in [0.25, 0.3) is 0 Å². The zero-order chi connectivity index (χ0) is 12.8. The molecule has 1 saturated heterocycles. The molecule has 3 rings (SSSR count). The van der Waals surface area contributed by atoms with Crippen molar-refractivity contribution < 1.29 is 4.79 Å². The van der Waals surface area contributed by atoms with Gasteiger partial charge in [-0.05, 0) is 38.0 Å². The minimum absolute atomic E-state index is 0.186. The molecular formula is C15H26N2O. The first-order valence-electron chi connectivity index (χ1n) is 7.64. The molecule has 1 aliphatic heterocycles. The van der Waals surface area contributed by atoms with Gasteiger partial charge in [0, 0.05) is 6.54 Å². The molecule has 3 nitrogen and oxygen atoms in total. The quantitative estimate of drug-likeness (QED) is 0.817. The van der Waals surface area contributed by atoms with E-state index in [0.29, 0.717) is 11.3 Å². The van der Waals surface area contributed by atoms with Crippen LogP contribution >= 0.6 is 0 Å². The number of carbonyl (C=O) groups is 1. The second-order valence-electron chi connectivity index (χ2n) is 7.06. The molecule has 3 fully saturated rings. The maximum absolute atomic E-state index is 12.7. The van der Waals surface area contributed by atoms with Gasteiger partial charge in [-0.25, -0.2) is 0 Å². The first-order chi connectivity index (χ1) is 8.55. The third-order valence-electron chi connectivity index (χ3n) is 5.44. The SMILES string of the molecule is CC1NC2(CCCC2)C(=O)N1CC1(C)CCCC1. The fourth-order valence-corrected chi connectivity index (χ4v) is 4.33. The Morgan fingerprint density at radius 3 is 2.33 bits per heavy atom. The zero-order valence-corrected chi connectivity index (χ0v) is 11.8. The van der Waals surface area contributed by atoms with E-state index < -0.39 is 0 Å². The smallest absolute Gasteiger partial charge is 0.244 e. The van der Waals surface area contributed by atoms with E-state index in [-0.39, 0.29) is 11.7 Å². The van der Waals surface area contributed by atoms with Crippen molar-refractivity contribution in [3.8, 4) is 0 Å². The van der Waals surface area contributed by atoms with Crippen LogP contribution in [0.4, 0.5) is 0 Å². The number of amides is 1. The number of nitrogens with zero attached hydrogens (tertiary/aromatic N) is 1. The van der Waals surface area contributed by atoms with Gasteiger partial charge in [0.15, 0.2) is 0 Å². The monoisotopic (exact) mass is 250 g/mol. The summed E-state index contributed by atoms with van der Waals surface area (Å²) in [5, 5.41) is 3.60. The normalized spacial score (nSPS) is 33.8. The Hall–Kier alpha value is -0.570. The number of rotatable bonds is 2. The fraction of sp³-hybridized carbons (Fsp3) is 0.933. The highest BCUT2D eigenvalue weighted by Gasteiger charge is 2.52. The Morgan fingerprint density at radius 2 is 1.72 bits per heavy atom. The third-order valence-corrected chi connectivity index (χ3v) is 5.44. The molecule has 2 aliphatic carbocycles. The van der Waals surface area contributed by atoms with E-state index in [9.17, 15) is 4.79 Å². The topological polar surface area (TPSA) is 32.3 Å². The molecule has 3 heteroatoms. The van der Waals surface area contributed by atoms with Crippen molar-refractivity contribution in [1.82, 2.24) is 10.2 Å². The molecule has 0 aromatic carbocycles. The second-order valence-corrected chi connectivity index (χ2v) is 7.06. The molecule has 0 aromatic heterocycles. The molecule has 102 valence electrons. The number of carbonyl (C=O) groups excluding carboxylic acids is 1. The van der Waals surface area contributed by atoms with Crippen molar-refractivity contribution in [2.75, 3.05) is 6.54 Å². The summed E-state index contributed by atoms with van der Waals surface area (Å²) in [6.07, 6.45) is 9.98. The Bertz CT molecular complexity index is 340. The van der Waals surface area contributed by atoms with Gasteiger partial charge in [-0.15, -0.1) is 0 Å². The molecule has 0 aromatic rings. The lowest BCUT2D eigenvalue weighted by atomic mass is 9.87. The van der Waals surface area contributed by atoms with Crippen LogP contribution in [0.15, 0.2) is 0 Å². The van der Waals surface area contributed by atoms with Gasteiger partial charge in [0.05, 0.1) is 11.7 Å². The lowest BCUT2D eigenvalue weighted by Gasteiger charge is -2.32. The Labute approximate surface area is 110 Å². The van der Waals surface area contributed by atoms with Gasteiger partial charge >= 0.3 is 0 Å². The van der Waals surface area contributed by atoms with Crippen LogP contribution in [-0.2, 0) is 4.79 Å². The van der Waals surface area contributed by atoms with Crippen LogP contribution in [-0.4, -0.2) is 29.1 Å². The van der Waals surface area contributed by atoms with Crippen LogP contribution in [0.5, 0.6) is 0 Å². The average molecular weight is 250 g/mol. The first-order valence-corrected chi connectivity index (χ1v) is 7.64. The van der Waals surface area contributed by atoms with E-state index in [2.05, 4.69) is 24.1 Å². The highest BCUT2D eigenvalue weighted by molar-refractivity contribution is 5.89. The van der Waals surface area contributed by atoms with Crippen LogP contribution in [0.1, 0.15) is 65.2 Å². The van der Waals surface area contributed by atoms with Crippen molar-refractivity contribution in [3.63, 3.8) is 0 Å². The number of hydrogen-bond acceptors (Lipinski definition) is 2. The molecule has 1 N–H and O–H groups in total. The molecule has 1 heterocycles. The van der Waals surface area contributed by atoms with Gasteiger partial charge in [0.1, 0.15) is 0 Å². The van der Waals surface area contributed by atoms with Crippen molar-refractivity contribution in [2.45, 2.75) is 76.9 Å². The van der Waals surface area contributed by atoms with Gasteiger partial charge in [-0.1, -0.05) is 32.6 Å². The molecule has 18 heavy (non-hydrogen) atoms. The predicted molar refractivity (Wildman–Crippen MR) is 72.1 cm³/mol. The predicted octanol–water partition coefficient (Wildman–Crippen LogP) is 2.66. The van der Waals surface area contributed by atoms with E-state index in [1.807, 2.05) is 0 Å². The average Bonchev–Trinajstić information content (AvgIpc) is 3.00. The van der Waals surface area contributed by atoms with Gasteiger partial charge in [0.2, 0.25) is 5.91 Å². The first kappa shape index (κ1) is 12.5. The summed E-state index contributed by atoms with van der Waals surface area (Å²) in [4.78, 5) is 14.9. The summed E-state index contributed by atoms with van der Waals surface area (Å²) in [5.74, 6) is 0.389. The minimum atomic E-state index is -0.186. The molecular weight excluding hydrogens is 224 g/mol. The third kappa shape index (κ3) is 1.87. The highest BCUT2D eigenvalue weighted by atomic mass is 16.2. The lowest BCUT2D eigenvalue weighted by molar-refractivity contribution is -0.134. The maximum atomic E-state index is 12.7. The summed E-state index contributed by atoms with van der Waals surface area (Å²) in [5.41, 5.74) is 0.185. The van der Waals surface area contributed by atoms with E-state index >= 15 is 0 Å². The lowest BCUT2D eigenvalue weighted by Crippen LogP contribution is -2.45. The maximum Gasteiger partial charge on any atom is 0.244 e. The molecule has 2 saturated carbocycles. The van der Waals surface area contributed by atoms with Gasteiger partial charge in [-0.2, -0.15) is 0 Å². The molecule has 3 aliphatic rings. The van der Waals surface area contributed by atoms with Gasteiger partial charge in [0.25, 0.3) is 0 Å². The Balaban J connectivity index is 1.74. The van der Waals surface area contributed by atoms with Gasteiger partial charge in [-0.3, -0.25) is 10.1 Å². The minimum Gasteiger partial charge on any atom is -0.325 e. The summed E-state index contributed by atoms with van der Waals surface area (Å²) in [6.45, 7) is 5.48. The summed E-state index contributed by atoms with van der Waals surface area (Å²) < 4.78 is 0. The largest absolute Gasteiger partial charge is 0.325 e. The van der Waals surface area contributed by atoms with Crippen LogP contribution in [0.2, 0.25) is 0 Å². The van der Waals surface area contributed by atoms with Crippen LogP contribution < -0.4 is 5.32 Å². The summed E-state index contributed by atoms with van der Waals surface area (Å²) in [7, 11) is 0. The second kappa shape index (κ2) is 4.22. The highest BCUT2D eigenvalue weighted by Crippen LogP contribution is 2.42. The van der Waals surface area contributed by atoms with Crippen molar-refractivity contribution >= 4 is 5.91 Å². The molecule has 0 bridgehead atoms. The molecule has 1 amide bonds. The van der Waals surface area contributed by atoms with E-state index in [0.717, 1.165) is 19.4 Å². The van der Waals surface area contributed by atoms with Crippen LogP contribution in [0, 0.1) is 5.41 Å². The Kier molecular flexibility index (Phi) is 2.92. The molecule has 1 unspecified atom stereocenters. The van der Waals surface area contributed by atoms with Gasteiger partial charge < -0.3 is 4.90 Å². The van der Waals surface area contributed by atoms with Crippen molar-refractivity contribution in [2.24, 2.45) is 5.41 Å². The standard InChI is InChI=1S/C15H26N2O/c1-12-16-15(9-5-6-10-15)13(18)17(12)11-14(2)7-3-4-8-14/h12,16H,3-11H2,1-2H3. The zero-order valence-electron chi connectivity index (χ0n) is 11.8. The Morgan fingerprint density at radius 1 is 1.17 bits per heavy atom. The van der Waals surface area contributed by atoms with E-state index in [1.54, 1.807) is 0 Å². The van der Waals surface area contributed by atoms with E-state index in [4.69, 9.17) is 0 Å². The van der Waals surface area contributed by atoms with Crippen molar-refractivity contribution in [3.05, 3.63) is 0 Å². The summed E-state index contributed by atoms with van der Waals surface area (Å²) in [6, 6.07) is 0. The molecule has 0 radical (unpaired) electrons. The summed E-state index contributed by atoms with van der Waals surface area (Å²) >= 11 is 0. The van der Waals surface area contributed by atoms with Crippen LogP contribution in [0.3, 0.4) is 0 Å². The van der Waals surface area contributed by atoms with Crippen molar-refractivity contribution in [1.29, 1.82) is 0 Å². The molecule has 1 spiro atoms. The van der Waals surface area contributed by atoms with E-state index in [1.165, 1.54) is 38.5 Å². The fourth-order valence-electron chi connectivity index (χ4n) is 4.33. The number of nitrogens with one attached hydrogen (secondary N) is 1. The number of hydrogen-bond donors (Lipinski definition) is 1.